The lowest BCUT2D eigenvalue weighted by atomic mass is 9.75. The number of nitrogen functional groups attached to an aromatic ring is 1. The van der Waals surface area contributed by atoms with Crippen LogP contribution < -0.4 is 10.5 Å². The summed E-state index contributed by atoms with van der Waals surface area (Å²) in [6.45, 7) is 6.86. The fourth-order valence-electron chi connectivity index (χ4n) is 3.03. The highest BCUT2D eigenvalue weighted by Gasteiger charge is 2.32. The maximum atomic E-state index is 6.21. The van der Waals surface area contributed by atoms with Crippen molar-refractivity contribution in [2.75, 3.05) is 5.73 Å². The molecule has 1 aromatic carbocycles. The fraction of sp³-hybridized carbons (Fsp3) is 0.625. The van der Waals surface area contributed by atoms with Gasteiger partial charge in [0, 0.05) is 5.69 Å². The lowest BCUT2D eigenvalue weighted by Gasteiger charge is -2.37. The van der Waals surface area contributed by atoms with Gasteiger partial charge in [0.1, 0.15) is 11.9 Å². The molecular formula is C16H24ClNO. The van der Waals surface area contributed by atoms with Crippen LogP contribution in [0.1, 0.15) is 40.0 Å². The van der Waals surface area contributed by atoms with Crippen molar-refractivity contribution in [3.05, 3.63) is 23.2 Å². The van der Waals surface area contributed by atoms with Crippen molar-refractivity contribution in [3.63, 3.8) is 0 Å². The van der Waals surface area contributed by atoms with E-state index in [0.29, 0.717) is 22.5 Å². The fourth-order valence-corrected chi connectivity index (χ4v) is 3.26. The molecule has 3 heteroatoms. The van der Waals surface area contributed by atoms with Crippen LogP contribution in [0.15, 0.2) is 18.2 Å². The van der Waals surface area contributed by atoms with E-state index in [4.69, 9.17) is 22.1 Å². The molecule has 0 amide bonds. The molecule has 2 nitrogen and oxygen atoms in total. The Morgan fingerprint density at radius 2 is 2.05 bits per heavy atom. The Morgan fingerprint density at radius 1 is 1.32 bits per heavy atom. The molecule has 1 aromatic rings. The molecule has 1 aliphatic rings. The van der Waals surface area contributed by atoms with Gasteiger partial charge in [-0.15, -0.1) is 0 Å². The molecule has 0 bridgehead atoms. The molecule has 1 saturated carbocycles. The third kappa shape index (κ3) is 3.56. The summed E-state index contributed by atoms with van der Waals surface area (Å²) in [5, 5.41) is 0.612. The molecule has 0 unspecified atom stereocenters. The van der Waals surface area contributed by atoms with E-state index in [1.165, 1.54) is 12.8 Å². The maximum Gasteiger partial charge on any atom is 0.138 e. The third-order valence-electron chi connectivity index (χ3n) is 4.20. The number of ether oxygens (including phenoxy) is 1. The molecule has 0 radical (unpaired) electrons. The minimum atomic E-state index is 0.268. The first kappa shape index (κ1) is 14.5. The smallest absolute Gasteiger partial charge is 0.138 e. The molecule has 0 spiro atoms. The van der Waals surface area contributed by atoms with Crippen LogP contribution >= 0.6 is 11.6 Å². The molecule has 0 heterocycles. The SMILES string of the molecule is CC(C)[C@H]1CC[C@H](C)C[C@@H]1Oc1ccc(N)cc1Cl. The van der Waals surface area contributed by atoms with E-state index >= 15 is 0 Å². The highest BCUT2D eigenvalue weighted by Crippen LogP contribution is 2.37. The number of halogens is 1. The Morgan fingerprint density at radius 3 is 2.68 bits per heavy atom. The van der Waals surface area contributed by atoms with Gasteiger partial charge >= 0.3 is 0 Å². The predicted molar refractivity (Wildman–Crippen MR) is 81.6 cm³/mol. The molecule has 2 rings (SSSR count). The molecule has 3 atom stereocenters. The monoisotopic (exact) mass is 281 g/mol. The van der Waals surface area contributed by atoms with Crippen molar-refractivity contribution < 1.29 is 4.74 Å². The summed E-state index contributed by atoms with van der Waals surface area (Å²) in [6, 6.07) is 5.49. The highest BCUT2D eigenvalue weighted by molar-refractivity contribution is 6.32. The molecule has 106 valence electrons. The van der Waals surface area contributed by atoms with Gasteiger partial charge in [-0.2, -0.15) is 0 Å². The van der Waals surface area contributed by atoms with Crippen LogP contribution in [-0.4, -0.2) is 6.10 Å². The van der Waals surface area contributed by atoms with Gasteiger partial charge < -0.3 is 10.5 Å². The molecule has 2 N–H and O–H groups in total. The normalized spacial score (nSPS) is 27.5. The first-order valence-electron chi connectivity index (χ1n) is 7.19. The summed E-state index contributed by atoms with van der Waals surface area (Å²) in [6.07, 6.45) is 3.93. The molecule has 1 aliphatic carbocycles. The largest absolute Gasteiger partial charge is 0.489 e. The van der Waals surface area contributed by atoms with E-state index in [2.05, 4.69) is 20.8 Å². The number of rotatable bonds is 3. The zero-order chi connectivity index (χ0) is 14.0. The van der Waals surface area contributed by atoms with Crippen LogP contribution in [0, 0.1) is 17.8 Å². The topological polar surface area (TPSA) is 35.2 Å². The third-order valence-corrected chi connectivity index (χ3v) is 4.49. The average molecular weight is 282 g/mol. The summed E-state index contributed by atoms with van der Waals surface area (Å²) >= 11 is 6.21. The summed E-state index contributed by atoms with van der Waals surface area (Å²) < 4.78 is 6.20. The Labute approximate surface area is 121 Å². The molecule has 0 saturated heterocycles. The maximum absolute atomic E-state index is 6.21. The molecule has 1 fully saturated rings. The standard InChI is InChI=1S/C16H24ClNO/c1-10(2)13-6-4-11(3)8-16(13)19-15-7-5-12(18)9-14(15)17/h5,7,9-11,13,16H,4,6,8,18H2,1-3H3/t11-,13+,16-/m0/s1. The summed E-state index contributed by atoms with van der Waals surface area (Å²) in [5.41, 5.74) is 6.39. The van der Waals surface area contributed by atoms with Crippen molar-refractivity contribution >= 4 is 17.3 Å². The van der Waals surface area contributed by atoms with Crippen LogP contribution in [0.5, 0.6) is 5.75 Å². The van der Waals surface area contributed by atoms with Crippen LogP contribution in [0.4, 0.5) is 5.69 Å². The summed E-state index contributed by atoms with van der Waals surface area (Å²) in [7, 11) is 0. The van der Waals surface area contributed by atoms with Gasteiger partial charge in [0.05, 0.1) is 5.02 Å². The van der Waals surface area contributed by atoms with Crippen molar-refractivity contribution in [2.24, 2.45) is 17.8 Å². The average Bonchev–Trinajstić information content (AvgIpc) is 2.32. The van der Waals surface area contributed by atoms with Gasteiger partial charge in [-0.1, -0.05) is 38.8 Å². The highest BCUT2D eigenvalue weighted by atomic mass is 35.5. The minimum Gasteiger partial charge on any atom is -0.489 e. The number of benzene rings is 1. The minimum absolute atomic E-state index is 0.268. The predicted octanol–water partition coefficient (Wildman–Crippen LogP) is 4.76. The van der Waals surface area contributed by atoms with E-state index in [-0.39, 0.29) is 6.10 Å². The van der Waals surface area contributed by atoms with Gasteiger partial charge in [0.25, 0.3) is 0 Å². The number of hydrogen-bond acceptors (Lipinski definition) is 2. The Bertz CT molecular complexity index is 433. The van der Waals surface area contributed by atoms with E-state index in [9.17, 15) is 0 Å². The number of nitrogens with two attached hydrogens (primary N) is 1. The summed E-state index contributed by atoms with van der Waals surface area (Å²) in [4.78, 5) is 0. The van der Waals surface area contributed by atoms with Crippen molar-refractivity contribution in [1.29, 1.82) is 0 Å². The van der Waals surface area contributed by atoms with E-state index in [1.807, 2.05) is 12.1 Å². The second-order valence-corrected chi connectivity index (χ2v) is 6.58. The van der Waals surface area contributed by atoms with Crippen molar-refractivity contribution in [1.82, 2.24) is 0 Å². The molecule has 0 aliphatic heterocycles. The van der Waals surface area contributed by atoms with Crippen LogP contribution in [0.25, 0.3) is 0 Å². The van der Waals surface area contributed by atoms with Gasteiger partial charge in [-0.25, -0.2) is 0 Å². The molecule has 0 aromatic heterocycles. The van der Waals surface area contributed by atoms with E-state index in [0.717, 1.165) is 18.1 Å². The molecule has 19 heavy (non-hydrogen) atoms. The van der Waals surface area contributed by atoms with Crippen LogP contribution in [-0.2, 0) is 0 Å². The second kappa shape index (κ2) is 6.04. The zero-order valence-electron chi connectivity index (χ0n) is 12.0. The Hall–Kier alpha value is -0.890. The van der Waals surface area contributed by atoms with Crippen molar-refractivity contribution in [2.45, 2.75) is 46.1 Å². The van der Waals surface area contributed by atoms with Crippen LogP contribution in [0.2, 0.25) is 5.02 Å². The Kier molecular flexibility index (Phi) is 4.62. The van der Waals surface area contributed by atoms with Gasteiger partial charge in [-0.3, -0.25) is 0 Å². The van der Waals surface area contributed by atoms with Gasteiger partial charge in [0.2, 0.25) is 0 Å². The zero-order valence-corrected chi connectivity index (χ0v) is 12.8. The lowest BCUT2D eigenvalue weighted by molar-refractivity contribution is 0.0461. The van der Waals surface area contributed by atoms with E-state index in [1.54, 1.807) is 6.07 Å². The van der Waals surface area contributed by atoms with Crippen molar-refractivity contribution in [3.8, 4) is 5.75 Å². The molecular weight excluding hydrogens is 258 g/mol. The first-order chi connectivity index (χ1) is 8.97. The number of hydrogen-bond donors (Lipinski definition) is 1. The lowest BCUT2D eigenvalue weighted by Crippen LogP contribution is -2.36. The quantitative estimate of drug-likeness (QED) is 0.811. The van der Waals surface area contributed by atoms with Crippen LogP contribution in [0.3, 0.4) is 0 Å². The second-order valence-electron chi connectivity index (χ2n) is 6.17. The van der Waals surface area contributed by atoms with Gasteiger partial charge in [0.15, 0.2) is 0 Å². The number of anilines is 1. The van der Waals surface area contributed by atoms with E-state index < -0.39 is 0 Å². The Balaban J connectivity index is 2.14. The first-order valence-corrected chi connectivity index (χ1v) is 7.57. The summed E-state index contributed by atoms with van der Waals surface area (Å²) in [5.74, 6) is 2.75. The van der Waals surface area contributed by atoms with Gasteiger partial charge in [-0.05, 0) is 48.8 Å².